The molecule has 0 saturated carbocycles. The van der Waals surface area contributed by atoms with Crippen LogP contribution < -0.4 is 10.2 Å². The molecule has 2 aromatic heterocycles. The van der Waals surface area contributed by atoms with Crippen LogP contribution in [-0.4, -0.2) is 10.1 Å². The van der Waals surface area contributed by atoms with Crippen LogP contribution in [-0.2, 0) is 0 Å². The first kappa shape index (κ1) is 21.7. The number of thiocarbonyl (C=S) groups is 1. The Morgan fingerprint density at radius 1 is 0.970 bits per heavy atom. The van der Waals surface area contributed by atoms with E-state index in [9.17, 15) is 0 Å². The summed E-state index contributed by atoms with van der Waals surface area (Å²) < 4.78 is 6.47. The van der Waals surface area contributed by atoms with Gasteiger partial charge in [-0.3, -0.25) is 4.98 Å². The fraction of sp³-hybridized carbons (Fsp3) is 0.185. The van der Waals surface area contributed by atoms with Crippen LogP contribution in [0.25, 0.3) is 11.3 Å². The van der Waals surface area contributed by atoms with Crippen LogP contribution >= 0.6 is 23.8 Å². The van der Waals surface area contributed by atoms with Gasteiger partial charge >= 0.3 is 0 Å². The third kappa shape index (κ3) is 4.03. The number of hydrogen-bond donors (Lipinski definition) is 1. The van der Waals surface area contributed by atoms with Crippen molar-refractivity contribution in [3.05, 3.63) is 106 Å². The highest BCUT2D eigenvalue weighted by molar-refractivity contribution is 7.80. The van der Waals surface area contributed by atoms with Crippen molar-refractivity contribution in [1.82, 2.24) is 10.3 Å². The van der Waals surface area contributed by atoms with E-state index in [-0.39, 0.29) is 12.1 Å². The molecule has 1 fully saturated rings. The molecule has 166 valence electrons. The number of hydrogen-bond acceptors (Lipinski definition) is 3. The Labute approximate surface area is 204 Å². The Balaban J connectivity index is 1.63. The number of furan rings is 1. The molecular formula is C27H24ClN3OS. The summed E-state index contributed by atoms with van der Waals surface area (Å²) in [5, 5.41) is 4.86. The lowest BCUT2D eigenvalue weighted by atomic mass is 10.0. The molecule has 2 aromatic carbocycles. The van der Waals surface area contributed by atoms with Gasteiger partial charge in [0.1, 0.15) is 17.6 Å². The van der Waals surface area contributed by atoms with Gasteiger partial charge in [0.05, 0.1) is 11.7 Å². The van der Waals surface area contributed by atoms with Gasteiger partial charge in [0.25, 0.3) is 0 Å². The maximum atomic E-state index is 6.47. The van der Waals surface area contributed by atoms with E-state index in [1.807, 2.05) is 55.5 Å². The summed E-state index contributed by atoms with van der Waals surface area (Å²) in [7, 11) is 0. The Kier molecular flexibility index (Phi) is 5.69. The number of anilines is 1. The van der Waals surface area contributed by atoms with Gasteiger partial charge in [-0.15, -0.1) is 0 Å². The van der Waals surface area contributed by atoms with Gasteiger partial charge in [-0.25, -0.2) is 0 Å². The first-order chi connectivity index (χ1) is 15.9. The molecule has 0 bridgehead atoms. The van der Waals surface area contributed by atoms with E-state index in [1.165, 1.54) is 11.1 Å². The Hall–Kier alpha value is -3.15. The number of rotatable bonds is 4. The normalized spacial score (nSPS) is 17.9. The number of pyridine rings is 1. The average molecular weight is 474 g/mol. The van der Waals surface area contributed by atoms with Crippen LogP contribution in [0.4, 0.5) is 5.69 Å². The Morgan fingerprint density at radius 2 is 1.76 bits per heavy atom. The molecule has 2 atom stereocenters. The van der Waals surface area contributed by atoms with Crippen LogP contribution in [0.2, 0.25) is 5.02 Å². The minimum Gasteiger partial charge on any atom is -0.459 e. The lowest BCUT2D eigenvalue weighted by Crippen LogP contribution is -2.29. The average Bonchev–Trinajstić information content (AvgIpc) is 3.40. The molecule has 4 aromatic rings. The molecule has 0 radical (unpaired) electrons. The molecule has 1 aliphatic heterocycles. The number of aromatic nitrogens is 1. The zero-order valence-corrected chi connectivity index (χ0v) is 20.2. The van der Waals surface area contributed by atoms with Crippen molar-refractivity contribution in [3.8, 4) is 11.3 Å². The molecule has 0 amide bonds. The standard InChI is InChI=1S/C27H24ClN3OS/c1-16-13-17(2)15-19(14-16)31-26(25(30-27(31)33)22-9-4-5-12-29-22)24-11-10-23(32-24)20-7-6-8-21(28)18(20)3/h4-15,25-26H,1-3H3,(H,30,33)/t25-,26-/m0/s1. The lowest BCUT2D eigenvalue weighted by molar-refractivity contribution is 0.439. The Bertz CT molecular complexity index is 1310. The number of aryl methyl sites for hydroxylation is 2. The van der Waals surface area contributed by atoms with Crippen molar-refractivity contribution in [2.75, 3.05) is 4.90 Å². The van der Waals surface area contributed by atoms with Crippen LogP contribution in [0.5, 0.6) is 0 Å². The summed E-state index contributed by atoms with van der Waals surface area (Å²) in [5.74, 6) is 1.59. The molecule has 5 rings (SSSR count). The van der Waals surface area contributed by atoms with Gasteiger partial charge < -0.3 is 14.6 Å². The van der Waals surface area contributed by atoms with Gasteiger partial charge in [-0.1, -0.05) is 35.9 Å². The lowest BCUT2D eigenvalue weighted by Gasteiger charge is -2.26. The van der Waals surface area contributed by atoms with Crippen molar-refractivity contribution < 1.29 is 4.42 Å². The smallest absolute Gasteiger partial charge is 0.174 e. The quantitative estimate of drug-likeness (QED) is 0.320. The molecule has 0 unspecified atom stereocenters. The van der Waals surface area contributed by atoms with Gasteiger partial charge in [0, 0.05) is 22.5 Å². The van der Waals surface area contributed by atoms with E-state index in [2.05, 4.69) is 47.2 Å². The number of halogens is 1. The minimum absolute atomic E-state index is 0.154. The first-order valence-electron chi connectivity index (χ1n) is 10.9. The van der Waals surface area contributed by atoms with Gasteiger partial charge in [-0.2, -0.15) is 0 Å². The van der Waals surface area contributed by atoms with Crippen molar-refractivity contribution in [3.63, 3.8) is 0 Å². The fourth-order valence-electron chi connectivity index (χ4n) is 4.54. The maximum absolute atomic E-state index is 6.47. The highest BCUT2D eigenvalue weighted by Crippen LogP contribution is 2.43. The van der Waals surface area contributed by atoms with E-state index >= 15 is 0 Å². The minimum atomic E-state index is -0.193. The molecule has 3 heterocycles. The number of nitrogens with zero attached hydrogens (tertiary/aromatic N) is 2. The highest BCUT2D eigenvalue weighted by Gasteiger charge is 2.42. The molecule has 0 spiro atoms. The summed E-state index contributed by atoms with van der Waals surface area (Å²) in [6, 6.07) is 21.9. The van der Waals surface area contributed by atoms with E-state index < -0.39 is 0 Å². The predicted molar refractivity (Wildman–Crippen MR) is 138 cm³/mol. The van der Waals surface area contributed by atoms with Crippen LogP contribution in [0.3, 0.4) is 0 Å². The monoisotopic (exact) mass is 473 g/mol. The molecule has 1 aliphatic rings. The van der Waals surface area contributed by atoms with Crippen molar-refractivity contribution in [2.45, 2.75) is 32.9 Å². The van der Waals surface area contributed by atoms with Crippen LogP contribution in [0, 0.1) is 20.8 Å². The molecule has 1 N–H and O–H groups in total. The summed E-state index contributed by atoms with van der Waals surface area (Å²) in [6.07, 6.45) is 1.81. The Morgan fingerprint density at radius 3 is 2.48 bits per heavy atom. The third-order valence-corrected chi connectivity index (χ3v) is 6.76. The second-order valence-electron chi connectivity index (χ2n) is 8.46. The molecule has 6 heteroatoms. The van der Waals surface area contributed by atoms with E-state index in [0.717, 1.165) is 39.1 Å². The van der Waals surface area contributed by atoms with Crippen molar-refractivity contribution >= 4 is 34.6 Å². The van der Waals surface area contributed by atoms with Crippen molar-refractivity contribution in [2.24, 2.45) is 0 Å². The summed E-state index contributed by atoms with van der Waals surface area (Å²) in [5.41, 5.74) is 6.28. The van der Waals surface area contributed by atoms with Crippen LogP contribution in [0.1, 0.15) is 40.2 Å². The second kappa shape index (κ2) is 8.65. The van der Waals surface area contributed by atoms with Gasteiger partial charge in [0.15, 0.2) is 5.11 Å². The molecule has 0 aliphatic carbocycles. The summed E-state index contributed by atoms with van der Waals surface area (Å²) in [4.78, 5) is 6.76. The predicted octanol–water partition coefficient (Wildman–Crippen LogP) is 7.10. The largest absolute Gasteiger partial charge is 0.459 e. The molecule has 33 heavy (non-hydrogen) atoms. The van der Waals surface area contributed by atoms with E-state index in [4.69, 9.17) is 28.2 Å². The number of nitrogens with one attached hydrogen (secondary N) is 1. The zero-order chi connectivity index (χ0) is 23.1. The molecule has 4 nitrogen and oxygen atoms in total. The maximum Gasteiger partial charge on any atom is 0.174 e. The van der Waals surface area contributed by atoms with E-state index in [0.29, 0.717) is 5.11 Å². The fourth-order valence-corrected chi connectivity index (χ4v) is 5.06. The first-order valence-corrected chi connectivity index (χ1v) is 11.6. The van der Waals surface area contributed by atoms with E-state index in [1.54, 1.807) is 6.20 Å². The van der Waals surface area contributed by atoms with Crippen molar-refractivity contribution in [1.29, 1.82) is 0 Å². The van der Waals surface area contributed by atoms with Crippen LogP contribution in [0.15, 0.2) is 77.3 Å². The van der Waals surface area contributed by atoms with Gasteiger partial charge in [0.2, 0.25) is 0 Å². The SMILES string of the molecule is Cc1cc(C)cc(N2C(=S)N[C@@H](c3ccccn3)[C@@H]2c2ccc(-c3cccc(Cl)c3C)o2)c1. The molecule has 1 saturated heterocycles. The molecular weight excluding hydrogens is 450 g/mol. The topological polar surface area (TPSA) is 41.3 Å². The number of benzene rings is 2. The van der Waals surface area contributed by atoms with Gasteiger partial charge in [-0.05, 0) is 92.1 Å². The zero-order valence-electron chi connectivity index (χ0n) is 18.7. The third-order valence-electron chi connectivity index (χ3n) is 6.03. The summed E-state index contributed by atoms with van der Waals surface area (Å²) in [6.45, 7) is 6.20. The second-order valence-corrected chi connectivity index (χ2v) is 9.25. The summed E-state index contributed by atoms with van der Waals surface area (Å²) >= 11 is 12.2. The highest BCUT2D eigenvalue weighted by atomic mass is 35.5.